The fourth-order valence-corrected chi connectivity index (χ4v) is 9.00. The molecule has 2 heterocycles. The molecule has 0 saturated heterocycles. The van der Waals surface area contributed by atoms with E-state index in [4.69, 9.17) is 0 Å². The van der Waals surface area contributed by atoms with E-state index in [0.717, 1.165) is 44.5 Å². The molecule has 224 valence electrons. The van der Waals surface area contributed by atoms with Crippen molar-refractivity contribution in [1.29, 1.82) is 0 Å². The van der Waals surface area contributed by atoms with Crippen molar-refractivity contribution < 1.29 is 10.2 Å². The first-order valence-corrected chi connectivity index (χ1v) is 17.9. The molecule has 2 radical (unpaired) electrons. The van der Waals surface area contributed by atoms with Crippen LogP contribution in [-0.2, 0) is 31.9 Å². The van der Waals surface area contributed by atoms with Crippen LogP contribution in [0.5, 0.6) is 11.5 Å². The summed E-state index contributed by atoms with van der Waals surface area (Å²) in [4.78, 5) is 0. The molecule has 6 heteroatoms. The Labute approximate surface area is 271 Å². The van der Waals surface area contributed by atoms with Crippen LogP contribution in [0.3, 0.4) is 0 Å². The molecule has 2 aromatic rings. The standard InChI is InChI=1S/C36H44O2S4/c1-33(2,3)23-17-21(18-24(29(23)37)34(4,5)6)27(31-39-13-14-40-31)28(32-41-15-16-42-32)22-19-25(35(7,8)9)30(38)26(20-22)36(10,11)12/h13-20H,1-12H3. The van der Waals surface area contributed by atoms with E-state index in [0.29, 0.717) is 0 Å². The van der Waals surface area contributed by atoms with Crippen molar-refractivity contribution in [3.8, 4) is 11.5 Å². The molecule has 0 fully saturated rings. The lowest BCUT2D eigenvalue weighted by Crippen LogP contribution is -2.18. The molecule has 4 rings (SSSR count). The van der Waals surface area contributed by atoms with Gasteiger partial charge in [0.15, 0.2) is 11.5 Å². The maximum absolute atomic E-state index is 13.9. The van der Waals surface area contributed by atoms with E-state index in [1.807, 2.05) is 0 Å². The fraction of sp³-hybridized carbons (Fsp3) is 0.444. The highest BCUT2D eigenvalue weighted by atomic mass is 32.2. The van der Waals surface area contributed by atoms with E-state index in [1.165, 1.54) is 8.47 Å². The molecule has 2 aliphatic heterocycles. The zero-order chi connectivity index (χ0) is 31.4. The van der Waals surface area contributed by atoms with E-state index in [2.05, 4.69) is 129 Å². The van der Waals surface area contributed by atoms with Gasteiger partial charge in [0, 0.05) is 33.4 Å². The summed E-state index contributed by atoms with van der Waals surface area (Å²) in [6.45, 7) is 25.5. The van der Waals surface area contributed by atoms with Crippen LogP contribution in [0.4, 0.5) is 0 Å². The highest BCUT2D eigenvalue weighted by Gasteiger charge is 2.33. The molecule has 2 aliphatic rings. The summed E-state index contributed by atoms with van der Waals surface area (Å²) in [5, 5.41) is 36.3. The minimum Gasteiger partial charge on any atom is -0.289 e. The van der Waals surface area contributed by atoms with Gasteiger partial charge in [0.25, 0.3) is 0 Å². The Bertz CT molecular complexity index is 1310. The highest BCUT2D eigenvalue weighted by Crippen LogP contribution is 2.55. The van der Waals surface area contributed by atoms with Gasteiger partial charge in [-0.15, -0.1) is 0 Å². The van der Waals surface area contributed by atoms with Crippen molar-refractivity contribution in [2.45, 2.75) is 105 Å². The molecule has 0 spiro atoms. The Morgan fingerprint density at radius 3 is 0.833 bits per heavy atom. The monoisotopic (exact) mass is 636 g/mol. The molecule has 0 amide bonds. The van der Waals surface area contributed by atoms with Gasteiger partial charge in [0.1, 0.15) is 0 Å². The van der Waals surface area contributed by atoms with E-state index in [-0.39, 0.29) is 33.2 Å². The molecule has 0 atom stereocenters. The topological polar surface area (TPSA) is 39.8 Å². The number of hydrogen-bond donors (Lipinski definition) is 0. The predicted molar refractivity (Wildman–Crippen MR) is 190 cm³/mol. The van der Waals surface area contributed by atoms with Crippen molar-refractivity contribution in [3.63, 3.8) is 0 Å². The van der Waals surface area contributed by atoms with E-state index in [9.17, 15) is 10.2 Å². The molecular formula is C36H44O2S4. The quantitative estimate of drug-likeness (QED) is 0.336. The molecule has 0 bridgehead atoms. The third kappa shape index (κ3) is 6.87. The molecule has 0 N–H and O–H groups in total. The summed E-state index contributed by atoms with van der Waals surface area (Å²) >= 11 is 6.92. The second-order valence-corrected chi connectivity index (χ2v) is 19.3. The van der Waals surface area contributed by atoms with Gasteiger partial charge in [0.2, 0.25) is 0 Å². The zero-order valence-corrected chi connectivity index (χ0v) is 30.3. The maximum atomic E-state index is 13.9. The third-order valence-corrected chi connectivity index (χ3v) is 11.7. The van der Waals surface area contributed by atoms with Crippen LogP contribution in [0.25, 0.3) is 11.1 Å². The number of allylic oxidation sites excluding steroid dienone is 2. The lowest BCUT2D eigenvalue weighted by atomic mass is 9.75. The predicted octanol–water partition coefficient (Wildman–Crippen LogP) is 13.1. The molecule has 0 aromatic heterocycles. The normalized spacial score (nSPS) is 16.1. The van der Waals surface area contributed by atoms with Gasteiger partial charge in [-0.25, -0.2) is 0 Å². The minimum absolute atomic E-state index is 0.134. The lowest BCUT2D eigenvalue weighted by Gasteiger charge is -2.30. The average molecular weight is 637 g/mol. The molecule has 0 aliphatic carbocycles. The van der Waals surface area contributed by atoms with E-state index >= 15 is 0 Å². The van der Waals surface area contributed by atoms with E-state index in [1.54, 1.807) is 47.0 Å². The molecule has 0 unspecified atom stereocenters. The Morgan fingerprint density at radius 2 is 0.643 bits per heavy atom. The fourth-order valence-electron chi connectivity index (χ4n) is 5.15. The van der Waals surface area contributed by atoms with Crippen LogP contribution in [0, 0.1) is 0 Å². The Kier molecular flexibility index (Phi) is 9.29. The van der Waals surface area contributed by atoms with Crippen LogP contribution >= 0.6 is 47.0 Å². The molecule has 0 saturated carbocycles. The first-order valence-electron chi connectivity index (χ1n) is 14.4. The van der Waals surface area contributed by atoms with Gasteiger partial charge in [-0.3, -0.25) is 10.2 Å². The van der Waals surface area contributed by atoms with Gasteiger partial charge in [0.05, 0.1) is 8.47 Å². The Morgan fingerprint density at radius 1 is 0.429 bits per heavy atom. The van der Waals surface area contributed by atoms with Gasteiger partial charge < -0.3 is 0 Å². The first-order chi connectivity index (χ1) is 19.2. The zero-order valence-electron chi connectivity index (χ0n) is 27.1. The Hall–Kier alpha value is -1.60. The largest absolute Gasteiger partial charge is 0.289 e. The van der Waals surface area contributed by atoms with Crippen LogP contribution in [0.1, 0.15) is 116 Å². The smallest absolute Gasteiger partial charge is 0.186 e. The molecular weight excluding hydrogens is 593 g/mol. The Balaban J connectivity index is 2.17. The van der Waals surface area contributed by atoms with Crippen molar-refractivity contribution in [2.24, 2.45) is 0 Å². The minimum atomic E-state index is -0.314. The van der Waals surface area contributed by atoms with Gasteiger partial charge in [-0.1, -0.05) is 130 Å². The number of hydrogen-bond acceptors (Lipinski definition) is 4. The SMILES string of the molecule is CC(C)(C)c1cc(C(=C2SC=CS2)C(=C2SC=CS2)c2cc(C(C)(C)C)c([O])c(C(C)(C)C)c2)cc(C(C)(C)C)c1[O]. The van der Waals surface area contributed by atoms with Crippen LogP contribution < -0.4 is 0 Å². The summed E-state index contributed by atoms with van der Waals surface area (Å²) in [5.74, 6) is 0.267. The van der Waals surface area contributed by atoms with Gasteiger partial charge >= 0.3 is 0 Å². The van der Waals surface area contributed by atoms with Crippen LogP contribution in [0.2, 0.25) is 0 Å². The molecule has 42 heavy (non-hydrogen) atoms. The van der Waals surface area contributed by atoms with Crippen molar-refractivity contribution in [2.75, 3.05) is 0 Å². The van der Waals surface area contributed by atoms with Crippen molar-refractivity contribution >= 4 is 58.2 Å². The van der Waals surface area contributed by atoms with Gasteiger partial charge in [-0.05, 0) is 78.7 Å². The summed E-state index contributed by atoms with van der Waals surface area (Å²) in [6, 6.07) is 8.54. The number of thioether (sulfide) groups is 4. The molecule has 2 aromatic carbocycles. The van der Waals surface area contributed by atoms with E-state index < -0.39 is 0 Å². The highest BCUT2D eigenvalue weighted by molar-refractivity contribution is 8.28. The molecule has 2 nitrogen and oxygen atoms in total. The maximum Gasteiger partial charge on any atom is 0.186 e. The lowest BCUT2D eigenvalue weighted by molar-refractivity contribution is 0.326. The third-order valence-electron chi connectivity index (χ3n) is 7.46. The summed E-state index contributed by atoms with van der Waals surface area (Å²) in [5.41, 5.74) is 6.44. The summed E-state index contributed by atoms with van der Waals surface area (Å²) in [7, 11) is 0. The average Bonchev–Trinajstić information content (AvgIpc) is 3.55. The number of benzene rings is 2. The summed E-state index contributed by atoms with van der Waals surface area (Å²) in [6.07, 6.45) is 0. The van der Waals surface area contributed by atoms with Crippen LogP contribution in [0.15, 0.2) is 54.4 Å². The number of rotatable bonds is 3. The summed E-state index contributed by atoms with van der Waals surface area (Å²) < 4.78 is 2.37. The van der Waals surface area contributed by atoms with Crippen molar-refractivity contribution in [3.05, 3.63) is 87.8 Å². The van der Waals surface area contributed by atoms with Crippen LogP contribution in [-0.4, -0.2) is 0 Å². The van der Waals surface area contributed by atoms with Crippen molar-refractivity contribution in [1.82, 2.24) is 0 Å². The van der Waals surface area contributed by atoms with Gasteiger partial charge in [-0.2, -0.15) is 0 Å². The first kappa shape index (κ1) is 33.3. The second kappa shape index (κ2) is 11.7. The second-order valence-electron chi connectivity index (χ2n) is 15.1.